The molecule has 1 heterocycles. The fraction of sp³-hybridized carbons (Fsp3) is 0.435. The summed E-state index contributed by atoms with van der Waals surface area (Å²) in [7, 11) is 0. The first-order valence-corrected chi connectivity index (χ1v) is 9.92. The van der Waals surface area contributed by atoms with Crippen LogP contribution in [0.4, 0.5) is 5.69 Å². The third-order valence-corrected chi connectivity index (χ3v) is 5.37. The first-order valence-electron chi connectivity index (χ1n) is 9.92. The SMILES string of the molecule is CCC(CCNC(=O)CN1CCCCc2ccccc21)c1ccccc1. The van der Waals surface area contributed by atoms with Gasteiger partial charge in [0.05, 0.1) is 6.54 Å². The number of hydrogen-bond donors (Lipinski definition) is 1. The standard InChI is InChI=1S/C23H30N2O/c1-2-19(20-10-4-3-5-11-20)15-16-24-23(26)18-25-17-9-8-13-21-12-6-7-14-22(21)25/h3-7,10-12,14,19H,2,8-9,13,15-18H2,1H3,(H,24,26). The van der Waals surface area contributed by atoms with Crippen LogP contribution in [0.3, 0.4) is 0 Å². The van der Waals surface area contributed by atoms with E-state index in [0.717, 1.165) is 38.8 Å². The molecule has 1 N–H and O–H groups in total. The highest BCUT2D eigenvalue weighted by molar-refractivity contribution is 5.81. The van der Waals surface area contributed by atoms with Crippen LogP contribution in [-0.2, 0) is 11.2 Å². The summed E-state index contributed by atoms with van der Waals surface area (Å²) < 4.78 is 0. The number of benzene rings is 2. The number of rotatable bonds is 7. The number of anilines is 1. The Morgan fingerprint density at radius 2 is 1.85 bits per heavy atom. The molecule has 0 spiro atoms. The van der Waals surface area contributed by atoms with Crippen molar-refractivity contribution in [2.24, 2.45) is 0 Å². The van der Waals surface area contributed by atoms with E-state index >= 15 is 0 Å². The van der Waals surface area contributed by atoms with Crippen LogP contribution in [-0.4, -0.2) is 25.5 Å². The Hall–Kier alpha value is -2.29. The Morgan fingerprint density at radius 3 is 2.65 bits per heavy atom. The summed E-state index contributed by atoms with van der Waals surface area (Å²) in [5, 5.41) is 3.14. The van der Waals surface area contributed by atoms with Gasteiger partial charge in [-0.3, -0.25) is 4.79 Å². The van der Waals surface area contributed by atoms with Gasteiger partial charge < -0.3 is 10.2 Å². The van der Waals surface area contributed by atoms with Crippen LogP contribution in [0.15, 0.2) is 54.6 Å². The molecule has 1 aliphatic heterocycles. The quantitative estimate of drug-likeness (QED) is 0.796. The number of carbonyl (C=O) groups is 1. The predicted molar refractivity (Wildman–Crippen MR) is 109 cm³/mol. The minimum absolute atomic E-state index is 0.129. The largest absolute Gasteiger partial charge is 0.362 e. The van der Waals surface area contributed by atoms with Crippen molar-refractivity contribution < 1.29 is 4.79 Å². The van der Waals surface area contributed by atoms with Gasteiger partial charge in [0.2, 0.25) is 5.91 Å². The van der Waals surface area contributed by atoms with Gasteiger partial charge in [0, 0.05) is 18.8 Å². The molecule has 1 unspecified atom stereocenters. The molecule has 0 saturated carbocycles. The van der Waals surface area contributed by atoms with Crippen LogP contribution >= 0.6 is 0 Å². The van der Waals surface area contributed by atoms with Gasteiger partial charge in [-0.15, -0.1) is 0 Å². The lowest BCUT2D eigenvalue weighted by atomic mass is 9.93. The molecule has 0 aliphatic carbocycles. The van der Waals surface area contributed by atoms with Crippen molar-refractivity contribution in [2.75, 3.05) is 24.5 Å². The molecule has 0 aromatic heterocycles. The van der Waals surface area contributed by atoms with Crippen LogP contribution < -0.4 is 10.2 Å². The number of carbonyl (C=O) groups excluding carboxylic acids is 1. The maximum atomic E-state index is 12.5. The summed E-state index contributed by atoms with van der Waals surface area (Å²) in [5.74, 6) is 0.639. The zero-order chi connectivity index (χ0) is 18.2. The first kappa shape index (κ1) is 18.5. The molecule has 0 bridgehead atoms. The fourth-order valence-electron chi connectivity index (χ4n) is 3.88. The monoisotopic (exact) mass is 350 g/mol. The number of fused-ring (bicyclic) bond motifs is 1. The molecule has 1 aliphatic rings. The Balaban J connectivity index is 1.51. The molecular weight excluding hydrogens is 320 g/mol. The molecule has 138 valence electrons. The molecule has 2 aromatic rings. The Labute approximate surface area is 157 Å². The zero-order valence-electron chi connectivity index (χ0n) is 15.8. The lowest BCUT2D eigenvalue weighted by molar-refractivity contribution is -0.119. The number of amides is 1. The molecule has 0 saturated heterocycles. The highest BCUT2D eigenvalue weighted by Gasteiger charge is 2.17. The van der Waals surface area contributed by atoms with E-state index in [4.69, 9.17) is 0 Å². The third-order valence-electron chi connectivity index (χ3n) is 5.37. The number of nitrogens with zero attached hydrogens (tertiary/aromatic N) is 1. The highest BCUT2D eigenvalue weighted by Crippen LogP contribution is 2.26. The minimum Gasteiger partial charge on any atom is -0.362 e. The molecule has 3 rings (SSSR count). The van der Waals surface area contributed by atoms with Gasteiger partial charge in [-0.25, -0.2) is 0 Å². The number of para-hydroxylation sites is 1. The van der Waals surface area contributed by atoms with Gasteiger partial charge in [0.25, 0.3) is 0 Å². The normalized spacial score (nSPS) is 15.0. The third kappa shape index (κ3) is 4.87. The summed E-state index contributed by atoms with van der Waals surface area (Å²) in [4.78, 5) is 14.7. The van der Waals surface area contributed by atoms with Crippen LogP contribution in [0, 0.1) is 0 Å². The molecular formula is C23H30N2O. The van der Waals surface area contributed by atoms with E-state index in [-0.39, 0.29) is 5.91 Å². The first-order chi connectivity index (χ1) is 12.8. The second-order valence-corrected chi connectivity index (χ2v) is 7.16. The lowest BCUT2D eigenvalue weighted by Gasteiger charge is -2.24. The molecule has 3 heteroatoms. The summed E-state index contributed by atoms with van der Waals surface area (Å²) in [6.07, 6.45) is 5.55. The molecule has 26 heavy (non-hydrogen) atoms. The minimum atomic E-state index is 0.129. The lowest BCUT2D eigenvalue weighted by Crippen LogP contribution is -2.38. The molecule has 1 atom stereocenters. The molecule has 2 aromatic carbocycles. The van der Waals surface area contributed by atoms with Crippen molar-refractivity contribution in [3.63, 3.8) is 0 Å². The maximum Gasteiger partial charge on any atom is 0.239 e. The highest BCUT2D eigenvalue weighted by atomic mass is 16.2. The Bertz CT molecular complexity index is 698. The van der Waals surface area contributed by atoms with Crippen molar-refractivity contribution >= 4 is 11.6 Å². The van der Waals surface area contributed by atoms with Crippen molar-refractivity contribution in [1.29, 1.82) is 0 Å². The number of nitrogens with one attached hydrogen (secondary N) is 1. The van der Waals surface area contributed by atoms with E-state index < -0.39 is 0 Å². The average molecular weight is 351 g/mol. The smallest absolute Gasteiger partial charge is 0.239 e. The fourth-order valence-corrected chi connectivity index (χ4v) is 3.88. The van der Waals surface area contributed by atoms with E-state index in [1.54, 1.807) is 0 Å². The Morgan fingerprint density at radius 1 is 1.08 bits per heavy atom. The van der Waals surface area contributed by atoms with E-state index in [1.165, 1.54) is 23.2 Å². The molecule has 3 nitrogen and oxygen atoms in total. The van der Waals surface area contributed by atoms with Crippen LogP contribution in [0.25, 0.3) is 0 Å². The van der Waals surface area contributed by atoms with Crippen molar-refractivity contribution in [3.8, 4) is 0 Å². The van der Waals surface area contributed by atoms with Gasteiger partial charge in [-0.05, 0) is 55.2 Å². The summed E-state index contributed by atoms with van der Waals surface area (Å²) in [5.41, 5.74) is 3.97. The van der Waals surface area contributed by atoms with Gasteiger partial charge >= 0.3 is 0 Å². The van der Waals surface area contributed by atoms with E-state index in [2.05, 4.69) is 71.7 Å². The van der Waals surface area contributed by atoms with Crippen LogP contribution in [0.2, 0.25) is 0 Å². The second kappa shape index (κ2) is 9.42. The molecule has 0 radical (unpaired) electrons. The van der Waals surface area contributed by atoms with Crippen molar-refractivity contribution in [3.05, 3.63) is 65.7 Å². The average Bonchev–Trinajstić information content (AvgIpc) is 2.88. The predicted octanol–water partition coefficient (Wildman–Crippen LogP) is 4.53. The van der Waals surface area contributed by atoms with E-state index in [1.807, 2.05) is 0 Å². The van der Waals surface area contributed by atoms with Crippen molar-refractivity contribution in [1.82, 2.24) is 5.32 Å². The molecule has 1 amide bonds. The summed E-state index contributed by atoms with van der Waals surface area (Å²) in [6.45, 7) is 4.38. The molecule has 0 fully saturated rings. The van der Waals surface area contributed by atoms with Crippen LogP contribution in [0.5, 0.6) is 0 Å². The summed E-state index contributed by atoms with van der Waals surface area (Å²) >= 11 is 0. The number of aryl methyl sites for hydroxylation is 1. The van der Waals surface area contributed by atoms with E-state index in [9.17, 15) is 4.79 Å². The van der Waals surface area contributed by atoms with Gasteiger partial charge in [-0.2, -0.15) is 0 Å². The number of hydrogen-bond acceptors (Lipinski definition) is 2. The van der Waals surface area contributed by atoms with Gasteiger partial charge in [0.15, 0.2) is 0 Å². The van der Waals surface area contributed by atoms with E-state index in [0.29, 0.717) is 12.5 Å². The second-order valence-electron chi connectivity index (χ2n) is 7.16. The zero-order valence-corrected chi connectivity index (χ0v) is 15.8. The Kier molecular flexibility index (Phi) is 6.70. The maximum absolute atomic E-state index is 12.5. The van der Waals surface area contributed by atoms with Crippen molar-refractivity contribution in [2.45, 2.75) is 44.9 Å². The summed E-state index contributed by atoms with van der Waals surface area (Å²) in [6, 6.07) is 19.1. The van der Waals surface area contributed by atoms with Crippen LogP contribution in [0.1, 0.15) is 49.7 Å². The van der Waals surface area contributed by atoms with Gasteiger partial charge in [-0.1, -0.05) is 55.5 Å². The van der Waals surface area contributed by atoms with Gasteiger partial charge in [0.1, 0.15) is 0 Å². The topological polar surface area (TPSA) is 32.3 Å².